The lowest BCUT2D eigenvalue weighted by Crippen LogP contribution is -2.21. The van der Waals surface area contributed by atoms with E-state index in [1.807, 2.05) is 0 Å². The van der Waals surface area contributed by atoms with Crippen molar-refractivity contribution in [3.63, 3.8) is 0 Å². The average molecular weight is 217 g/mol. The van der Waals surface area contributed by atoms with Crippen LogP contribution in [-0.4, -0.2) is 32.3 Å². The Hall–Kier alpha value is -0.710. The number of aromatic nitrogens is 3. The second-order valence-electron chi connectivity index (χ2n) is 3.37. The molecule has 14 heavy (non-hydrogen) atoms. The van der Waals surface area contributed by atoms with E-state index in [4.69, 9.17) is 4.52 Å². The Kier molecular flexibility index (Phi) is 2.67. The molecule has 1 aromatic rings. The molecule has 0 bridgehead atoms. The Morgan fingerprint density at radius 3 is 3.29 bits per heavy atom. The molecule has 1 aliphatic rings. The maximum Gasteiger partial charge on any atom is 0.328 e. The van der Waals surface area contributed by atoms with Gasteiger partial charge >= 0.3 is 7.60 Å². The minimum Gasteiger partial charge on any atom is -0.324 e. The van der Waals surface area contributed by atoms with Crippen LogP contribution in [-0.2, 0) is 15.5 Å². The summed E-state index contributed by atoms with van der Waals surface area (Å²) in [4.78, 5) is 13.2. The molecule has 0 aromatic carbocycles. The van der Waals surface area contributed by atoms with Crippen LogP contribution in [0.1, 0.15) is 18.7 Å². The first-order valence-corrected chi connectivity index (χ1v) is 6.26. The van der Waals surface area contributed by atoms with Crippen molar-refractivity contribution in [2.45, 2.75) is 25.4 Å². The van der Waals surface area contributed by atoms with Gasteiger partial charge in [-0.2, -0.15) is 5.10 Å². The fourth-order valence-corrected chi connectivity index (χ4v) is 2.87. The van der Waals surface area contributed by atoms with Crippen molar-refractivity contribution in [3.05, 3.63) is 12.2 Å². The summed E-state index contributed by atoms with van der Waals surface area (Å²) in [5.41, 5.74) is 0. The highest BCUT2D eigenvalue weighted by Crippen LogP contribution is 2.48. The van der Waals surface area contributed by atoms with Crippen molar-refractivity contribution in [1.29, 1.82) is 0 Å². The molecule has 0 radical (unpaired) electrons. The van der Waals surface area contributed by atoms with Gasteiger partial charge in [-0.15, -0.1) is 0 Å². The number of nitrogens with one attached hydrogen (secondary N) is 1. The molecule has 2 rings (SSSR count). The molecule has 7 heteroatoms. The Labute approximate surface area is 81.2 Å². The molecule has 78 valence electrons. The number of hydrogen-bond donors (Lipinski definition) is 2. The Morgan fingerprint density at radius 2 is 2.64 bits per heavy atom. The number of rotatable bonds is 2. The lowest BCUT2D eigenvalue weighted by Gasteiger charge is -2.25. The van der Waals surface area contributed by atoms with E-state index in [0.717, 1.165) is 12.8 Å². The molecule has 0 saturated carbocycles. The van der Waals surface area contributed by atoms with Crippen LogP contribution in [0.3, 0.4) is 0 Å². The average Bonchev–Trinajstić information content (AvgIpc) is 2.54. The summed E-state index contributed by atoms with van der Waals surface area (Å²) in [5.74, 6) is 0.692. The van der Waals surface area contributed by atoms with Gasteiger partial charge in [0.1, 0.15) is 12.2 Å². The monoisotopic (exact) mass is 217 g/mol. The normalized spacial score (nSPS) is 33.1. The number of hydrogen-bond acceptors (Lipinski definition) is 4. The van der Waals surface area contributed by atoms with Gasteiger partial charge in [-0.05, 0) is 12.8 Å². The molecule has 6 nitrogen and oxygen atoms in total. The second kappa shape index (κ2) is 3.81. The molecule has 1 aliphatic heterocycles. The molecule has 1 saturated heterocycles. The third-order valence-electron chi connectivity index (χ3n) is 2.17. The van der Waals surface area contributed by atoms with E-state index in [1.165, 1.54) is 6.33 Å². The molecular formula is C7H12N3O3P. The number of nitrogens with zero attached hydrogens (tertiary/aromatic N) is 2. The van der Waals surface area contributed by atoms with Gasteiger partial charge in [0.05, 0.1) is 12.3 Å². The summed E-state index contributed by atoms with van der Waals surface area (Å²) in [7, 11) is -3.32. The topological polar surface area (TPSA) is 88.1 Å². The van der Waals surface area contributed by atoms with Crippen LogP contribution in [0.5, 0.6) is 0 Å². The fourth-order valence-electron chi connectivity index (χ4n) is 1.54. The Bertz CT molecular complexity index is 340. The van der Waals surface area contributed by atoms with Crippen molar-refractivity contribution in [2.75, 3.05) is 6.16 Å². The first kappa shape index (κ1) is 9.83. The van der Waals surface area contributed by atoms with Crippen molar-refractivity contribution >= 4 is 7.60 Å². The van der Waals surface area contributed by atoms with Crippen LogP contribution in [0, 0.1) is 0 Å². The fraction of sp³-hybridized carbons (Fsp3) is 0.714. The second-order valence-corrected chi connectivity index (χ2v) is 5.30. The molecule has 2 unspecified atom stereocenters. The quantitative estimate of drug-likeness (QED) is 0.712. The Balaban J connectivity index is 1.96. The van der Waals surface area contributed by atoms with E-state index in [0.29, 0.717) is 12.2 Å². The molecular weight excluding hydrogens is 205 g/mol. The standard InChI is InChI=1S/C7H12N3O3P/c11-14(12)3-1-2-6(13-14)4-7-8-5-9-10-7/h5-6H,1-4H2,(H,11,12)(H,8,9,10). The van der Waals surface area contributed by atoms with Gasteiger partial charge < -0.3 is 9.42 Å². The SMILES string of the molecule is O=P1(O)CCCC(Cc2ncn[nH]2)O1. The molecule has 0 aliphatic carbocycles. The van der Waals surface area contributed by atoms with Crippen LogP contribution in [0.2, 0.25) is 0 Å². The van der Waals surface area contributed by atoms with Gasteiger partial charge in [0.2, 0.25) is 0 Å². The largest absolute Gasteiger partial charge is 0.328 e. The van der Waals surface area contributed by atoms with Gasteiger partial charge in [-0.1, -0.05) is 0 Å². The van der Waals surface area contributed by atoms with Crippen LogP contribution in [0.15, 0.2) is 6.33 Å². The van der Waals surface area contributed by atoms with Gasteiger partial charge in [-0.3, -0.25) is 9.66 Å². The van der Waals surface area contributed by atoms with Gasteiger partial charge in [0.25, 0.3) is 0 Å². The van der Waals surface area contributed by atoms with E-state index in [-0.39, 0.29) is 12.3 Å². The zero-order valence-electron chi connectivity index (χ0n) is 7.59. The number of aromatic amines is 1. The van der Waals surface area contributed by atoms with E-state index in [9.17, 15) is 9.46 Å². The molecule has 2 atom stereocenters. The maximum atomic E-state index is 11.3. The molecule has 0 spiro atoms. The zero-order chi connectivity index (χ0) is 10.0. The van der Waals surface area contributed by atoms with E-state index >= 15 is 0 Å². The van der Waals surface area contributed by atoms with Crippen molar-refractivity contribution in [3.8, 4) is 0 Å². The van der Waals surface area contributed by atoms with Crippen LogP contribution < -0.4 is 0 Å². The van der Waals surface area contributed by atoms with Crippen molar-refractivity contribution in [2.24, 2.45) is 0 Å². The predicted octanol–water partition coefficient (Wildman–Crippen LogP) is 0.712. The smallest absolute Gasteiger partial charge is 0.324 e. The van der Waals surface area contributed by atoms with Crippen LogP contribution >= 0.6 is 7.60 Å². The third kappa shape index (κ3) is 2.41. The zero-order valence-corrected chi connectivity index (χ0v) is 8.48. The van der Waals surface area contributed by atoms with E-state index in [1.54, 1.807) is 0 Å². The van der Waals surface area contributed by atoms with Crippen LogP contribution in [0.4, 0.5) is 0 Å². The summed E-state index contributed by atoms with van der Waals surface area (Å²) in [6.07, 6.45) is 3.51. The van der Waals surface area contributed by atoms with Gasteiger partial charge in [0, 0.05) is 6.42 Å². The summed E-state index contributed by atoms with van der Waals surface area (Å²) in [5, 5.41) is 6.40. The maximum absolute atomic E-state index is 11.3. The highest BCUT2D eigenvalue weighted by atomic mass is 31.2. The lowest BCUT2D eigenvalue weighted by atomic mass is 10.1. The lowest BCUT2D eigenvalue weighted by molar-refractivity contribution is 0.145. The minimum absolute atomic E-state index is 0.215. The molecule has 2 heterocycles. The molecule has 1 aromatic heterocycles. The Morgan fingerprint density at radius 1 is 1.79 bits per heavy atom. The highest BCUT2D eigenvalue weighted by Gasteiger charge is 2.30. The number of H-pyrrole nitrogens is 1. The molecule has 2 N–H and O–H groups in total. The first-order chi connectivity index (χ1) is 6.66. The van der Waals surface area contributed by atoms with Crippen molar-refractivity contribution in [1.82, 2.24) is 15.2 Å². The summed E-state index contributed by atoms with van der Waals surface area (Å²) in [6, 6.07) is 0. The highest BCUT2D eigenvalue weighted by molar-refractivity contribution is 7.52. The molecule has 1 fully saturated rings. The van der Waals surface area contributed by atoms with Gasteiger partial charge in [-0.25, -0.2) is 4.98 Å². The van der Waals surface area contributed by atoms with E-state index < -0.39 is 7.60 Å². The first-order valence-electron chi connectivity index (χ1n) is 4.50. The minimum atomic E-state index is -3.32. The summed E-state index contributed by atoms with van der Waals surface area (Å²) in [6.45, 7) is 0. The van der Waals surface area contributed by atoms with E-state index in [2.05, 4.69) is 15.2 Å². The van der Waals surface area contributed by atoms with Crippen LogP contribution in [0.25, 0.3) is 0 Å². The summed E-state index contributed by atoms with van der Waals surface area (Å²) >= 11 is 0. The van der Waals surface area contributed by atoms with Crippen molar-refractivity contribution < 1.29 is 14.0 Å². The summed E-state index contributed by atoms with van der Waals surface area (Å²) < 4.78 is 16.3. The molecule has 0 amide bonds. The third-order valence-corrected chi connectivity index (χ3v) is 3.68. The predicted molar refractivity (Wildman–Crippen MR) is 48.9 cm³/mol. The van der Waals surface area contributed by atoms with Gasteiger partial charge in [0.15, 0.2) is 0 Å².